The molecule has 136 valence electrons. The number of ketones is 1. The van der Waals surface area contributed by atoms with Gasteiger partial charge in [0.2, 0.25) is 0 Å². The van der Waals surface area contributed by atoms with Crippen molar-refractivity contribution >= 4 is 17.4 Å². The third-order valence-corrected chi connectivity index (χ3v) is 5.00. The average molecular weight is 349 g/mol. The van der Waals surface area contributed by atoms with Gasteiger partial charge in [0.15, 0.2) is 0 Å². The molecule has 2 aliphatic rings. The minimum atomic E-state index is -0.468. The number of Topliss-reactive ketones (excluding diaryl/α,β-unsaturated/α-hetero) is 1. The molecule has 3 rings (SSSR count). The predicted molar refractivity (Wildman–Crippen MR) is 104 cm³/mol. The van der Waals surface area contributed by atoms with Crippen molar-refractivity contribution in [3.05, 3.63) is 65.2 Å². The lowest BCUT2D eigenvalue weighted by atomic mass is 9.85. The molecule has 1 amide bonds. The second-order valence-corrected chi connectivity index (χ2v) is 7.25. The topological polar surface area (TPSA) is 72.5 Å². The highest BCUT2D eigenvalue weighted by Crippen LogP contribution is 2.32. The number of benzene rings is 1. The zero-order valence-corrected chi connectivity index (χ0v) is 15.4. The molecule has 2 N–H and O–H groups in total. The summed E-state index contributed by atoms with van der Waals surface area (Å²) in [6.07, 6.45) is 8.23. The molecule has 0 radical (unpaired) electrons. The molecule has 0 aromatic heterocycles. The van der Waals surface area contributed by atoms with E-state index in [1.54, 1.807) is 0 Å². The molecule has 0 heterocycles. The monoisotopic (exact) mass is 349 g/mol. The molecule has 1 saturated carbocycles. The van der Waals surface area contributed by atoms with Gasteiger partial charge in [-0.1, -0.05) is 50.3 Å². The zero-order valence-electron chi connectivity index (χ0n) is 15.4. The lowest BCUT2D eigenvalue weighted by molar-refractivity contribution is -0.119. The minimum Gasteiger partial charge on any atom is -0.417 e. The largest absolute Gasteiger partial charge is 0.417 e. The molecular weight excluding hydrogens is 324 g/mol. The Bertz CT molecular complexity index is 786. The van der Waals surface area contributed by atoms with Crippen molar-refractivity contribution in [1.82, 2.24) is 0 Å². The summed E-state index contributed by atoms with van der Waals surface area (Å²) >= 11 is 0. The molecule has 0 aliphatic heterocycles. The maximum Gasteiger partial charge on any atom is 0.135 e. The molecule has 4 heteroatoms. The number of carbonyl (C=O) groups excluding carboxylic acids is 2. The van der Waals surface area contributed by atoms with Gasteiger partial charge < -0.3 is 15.5 Å². The molecule has 0 bridgehead atoms. The summed E-state index contributed by atoms with van der Waals surface area (Å²) in [7, 11) is 0. The molecule has 2 aliphatic carbocycles. The minimum absolute atomic E-state index is 0.00981. The first-order valence-electron chi connectivity index (χ1n) is 9.19. The van der Waals surface area contributed by atoms with Crippen LogP contribution in [0.5, 0.6) is 0 Å². The average Bonchev–Trinajstić information content (AvgIpc) is 2.64. The molecule has 4 nitrogen and oxygen atoms in total. The summed E-state index contributed by atoms with van der Waals surface area (Å²) in [6.45, 7) is 4.33. The predicted octanol–water partition coefficient (Wildman–Crippen LogP) is 3.99. The first kappa shape index (κ1) is 18.2. The second-order valence-electron chi connectivity index (χ2n) is 7.25. The third kappa shape index (κ3) is 4.13. The number of hydrogen-bond acceptors (Lipinski definition) is 3. The first-order chi connectivity index (χ1) is 12.4. The molecule has 1 unspecified atom stereocenters. The summed E-state index contributed by atoms with van der Waals surface area (Å²) < 4.78 is 0. The first-order valence-corrected chi connectivity index (χ1v) is 9.19. The summed E-state index contributed by atoms with van der Waals surface area (Å²) in [5, 5.41) is 0. The fourth-order valence-corrected chi connectivity index (χ4v) is 3.32. The van der Waals surface area contributed by atoms with Gasteiger partial charge in [0, 0.05) is 18.6 Å². The van der Waals surface area contributed by atoms with Crippen LogP contribution < -0.4 is 5.73 Å². The molecule has 0 saturated heterocycles. The lowest BCUT2D eigenvalue weighted by Crippen LogP contribution is -2.20. The van der Waals surface area contributed by atoms with Crippen LogP contribution in [0.3, 0.4) is 0 Å². The Morgan fingerprint density at radius 3 is 2.38 bits per heavy atom. The van der Waals surface area contributed by atoms with Crippen LogP contribution in [0.15, 0.2) is 52.7 Å². The van der Waals surface area contributed by atoms with E-state index in [4.69, 9.17) is 5.73 Å². The summed E-state index contributed by atoms with van der Waals surface area (Å²) in [5.41, 5.74) is 10.0. The number of rotatable bonds is 4. The Hall–Kier alpha value is -2.62. The van der Waals surface area contributed by atoms with Gasteiger partial charge in [-0.15, -0.1) is 5.57 Å². The fourth-order valence-electron chi connectivity index (χ4n) is 3.32. The number of carbonyl (C=O) groups is 2. The number of hydrogen-bond donors (Lipinski definition) is 1. The van der Waals surface area contributed by atoms with Crippen LogP contribution in [0.2, 0.25) is 0 Å². The fraction of sp³-hybridized carbons (Fsp3) is 0.364. The van der Waals surface area contributed by atoms with Crippen molar-refractivity contribution in [2.24, 2.45) is 10.7 Å². The van der Waals surface area contributed by atoms with Crippen molar-refractivity contribution in [1.29, 1.82) is 0 Å². The second kappa shape index (κ2) is 7.73. The van der Waals surface area contributed by atoms with Crippen LogP contribution in [-0.2, 0) is 9.59 Å². The van der Waals surface area contributed by atoms with Crippen LogP contribution in [0.25, 0.3) is 0 Å². The zero-order chi connectivity index (χ0) is 18.7. The highest BCUT2D eigenvalue weighted by molar-refractivity contribution is 5.99. The van der Waals surface area contributed by atoms with Gasteiger partial charge in [-0.05, 0) is 41.5 Å². The Kier molecular flexibility index (Phi) is 5.40. The van der Waals surface area contributed by atoms with Gasteiger partial charge in [0.05, 0.1) is 0 Å². The summed E-state index contributed by atoms with van der Waals surface area (Å²) in [5.74, 6) is 0.310. The molecule has 1 fully saturated rings. The highest BCUT2D eigenvalue weighted by Gasteiger charge is 2.16. The Balaban J connectivity index is 1.81. The van der Waals surface area contributed by atoms with E-state index in [2.05, 4.69) is 43.1 Å². The van der Waals surface area contributed by atoms with E-state index < -0.39 is 5.91 Å². The van der Waals surface area contributed by atoms with Gasteiger partial charge in [-0.25, -0.2) is 0 Å². The normalized spacial score (nSPS) is 20.3. The number of nitrogens with two attached hydrogens (primary N) is 1. The van der Waals surface area contributed by atoms with Crippen LogP contribution >= 0.6 is 0 Å². The van der Waals surface area contributed by atoms with E-state index >= 15 is 0 Å². The van der Waals surface area contributed by atoms with Crippen LogP contribution in [0.1, 0.15) is 62.5 Å². The van der Waals surface area contributed by atoms with Gasteiger partial charge >= 0.3 is 0 Å². The molecule has 1 aromatic carbocycles. The van der Waals surface area contributed by atoms with Crippen LogP contribution in [-0.4, -0.2) is 17.4 Å². The van der Waals surface area contributed by atoms with Crippen molar-refractivity contribution in [2.45, 2.75) is 51.4 Å². The van der Waals surface area contributed by atoms with E-state index in [9.17, 15) is 9.59 Å². The quantitative estimate of drug-likeness (QED) is 0.835. The maximum atomic E-state index is 12.0. The maximum absolute atomic E-state index is 12.0. The summed E-state index contributed by atoms with van der Waals surface area (Å²) in [4.78, 5) is 28.0. The Labute approximate surface area is 154 Å². The third-order valence-electron chi connectivity index (χ3n) is 5.00. The number of nitrogens with zero attached hydrogens (tertiary/aromatic N) is 1. The van der Waals surface area contributed by atoms with E-state index in [0.29, 0.717) is 42.9 Å². The Morgan fingerprint density at radius 1 is 1.15 bits per heavy atom. The SMILES string of the molecule is CC(C)c1ccc(C2C=CC(N=C3CCC(=O)CC3)=C(C(N)=O)[CH-]2)cc1. The van der Waals surface area contributed by atoms with E-state index in [0.717, 1.165) is 11.3 Å². The Morgan fingerprint density at radius 2 is 1.81 bits per heavy atom. The van der Waals surface area contributed by atoms with Crippen molar-refractivity contribution in [3.8, 4) is 0 Å². The molecule has 26 heavy (non-hydrogen) atoms. The van der Waals surface area contributed by atoms with Crippen molar-refractivity contribution < 1.29 is 9.59 Å². The van der Waals surface area contributed by atoms with Crippen LogP contribution in [0.4, 0.5) is 0 Å². The molecule has 0 spiro atoms. The summed E-state index contributed by atoms with van der Waals surface area (Å²) in [6, 6.07) is 8.46. The van der Waals surface area contributed by atoms with Gasteiger partial charge in [0.25, 0.3) is 0 Å². The number of amides is 1. The van der Waals surface area contributed by atoms with Crippen molar-refractivity contribution in [3.63, 3.8) is 0 Å². The van der Waals surface area contributed by atoms with E-state index in [1.165, 1.54) is 5.56 Å². The van der Waals surface area contributed by atoms with E-state index in [-0.39, 0.29) is 11.7 Å². The number of aliphatic imine (C=N–C) groups is 1. The van der Waals surface area contributed by atoms with E-state index in [1.807, 2.05) is 18.6 Å². The molecule has 1 atom stereocenters. The standard InChI is InChI=1S/C22H25N2O2/c1-14(2)15-3-5-16(6-4-15)17-7-12-21(20(13-17)22(23)26)24-18-8-10-19(25)11-9-18/h3-7,12-14,17H,8-11H2,1-2H3,(H2,23,26)/q-1. The smallest absolute Gasteiger partial charge is 0.135 e. The highest BCUT2D eigenvalue weighted by atomic mass is 16.1. The number of primary amides is 1. The van der Waals surface area contributed by atoms with Gasteiger partial charge in [-0.2, -0.15) is 6.42 Å². The lowest BCUT2D eigenvalue weighted by Gasteiger charge is -2.28. The number of allylic oxidation sites excluding steroid dienone is 2. The van der Waals surface area contributed by atoms with Gasteiger partial charge in [0.1, 0.15) is 11.7 Å². The molecule has 1 aromatic rings. The van der Waals surface area contributed by atoms with Gasteiger partial charge in [-0.3, -0.25) is 4.79 Å². The van der Waals surface area contributed by atoms with Crippen LogP contribution in [0, 0.1) is 6.42 Å². The molecular formula is C22H25N2O2-. The van der Waals surface area contributed by atoms with Crippen molar-refractivity contribution in [2.75, 3.05) is 0 Å².